The predicted octanol–water partition coefficient (Wildman–Crippen LogP) is 2.23. The molecule has 0 rings (SSSR count). The van der Waals surface area contributed by atoms with Crippen LogP contribution in [-0.4, -0.2) is 32.5 Å². The lowest BCUT2D eigenvalue weighted by Crippen LogP contribution is -2.34. The Bertz CT molecular complexity index is 260. The van der Waals surface area contributed by atoms with E-state index in [1.807, 2.05) is 6.92 Å². The van der Waals surface area contributed by atoms with E-state index in [4.69, 9.17) is 0 Å². The minimum absolute atomic E-state index is 0.0731. The summed E-state index contributed by atoms with van der Waals surface area (Å²) in [6, 6.07) is 0.0731. The Labute approximate surface area is 101 Å². The maximum atomic E-state index is 11.3. The van der Waals surface area contributed by atoms with E-state index in [1.54, 1.807) is 6.92 Å². The van der Waals surface area contributed by atoms with Crippen LogP contribution in [0.4, 0.5) is 0 Å². The first-order chi connectivity index (χ1) is 7.37. The van der Waals surface area contributed by atoms with Crippen molar-refractivity contribution in [3.05, 3.63) is 0 Å². The summed E-state index contributed by atoms with van der Waals surface area (Å²) in [7, 11) is -2.84. The lowest BCUT2D eigenvalue weighted by Gasteiger charge is -2.13. The van der Waals surface area contributed by atoms with Gasteiger partial charge in [0.05, 0.1) is 5.75 Å². The van der Waals surface area contributed by atoms with Crippen LogP contribution in [-0.2, 0) is 9.84 Å². The number of nitrogens with one attached hydrogen (secondary N) is 1. The van der Waals surface area contributed by atoms with Crippen LogP contribution in [0.15, 0.2) is 0 Å². The first kappa shape index (κ1) is 15.9. The molecule has 0 spiro atoms. The Morgan fingerprint density at radius 1 is 1.12 bits per heavy atom. The van der Waals surface area contributed by atoms with E-state index in [-0.39, 0.29) is 17.5 Å². The number of hydrogen-bond acceptors (Lipinski definition) is 3. The summed E-state index contributed by atoms with van der Waals surface area (Å²) in [5.41, 5.74) is 0. The van der Waals surface area contributed by atoms with E-state index in [0.29, 0.717) is 0 Å². The molecule has 0 radical (unpaired) electrons. The molecule has 0 saturated heterocycles. The van der Waals surface area contributed by atoms with Gasteiger partial charge in [0.1, 0.15) is 0 Å². The fourth-order valence-corrected chi connectivity index (χ4v) is 2.70. The molecule has 98 valence electrons. The zero-order valence-electron chi connectivity index (χ0n) is 11.1. The largest absolute Gasteiger partial charge is 0.313 e. The third-order valence-electron chi connectivity index (χ3n) is 2.64. The molecule has 1 atom stereocenters. The molecule has 4 heteroatoms. The highest BCUT2D eigenvalue weighted by atomic mass is 32.2. The summed E-state index contributed by atoms with van der Waals surface area (Å²) < 4.78 is 22.7. The summed E-state index contributed by atoms with van der Waals surface area (Å²) in [5, 5.41) is 3.27. The zero-order chi connectivity index (χ0) is 12.6. The van der Waals surface area contributed by atoms with Crippen molar-refractivity contribution in [3.8, 4) is 0 Å². The quantitative estimate of drug-likeness (QED) is 0.637. The van der Waals surface area contributed by atoms with Gasteiger partial charge in [-0.1, -0.05) is 33.6 Å². The summed E-state index contributed by atoms with van der Waals surface area (Å²) >= 11 is 0. The summed E-state index contributed by atoms with van der Waals surface area (Å²) in [5.74, 6) is 1.26. The molecule has 0 aromatic rings. The first-order valence-electron chi connectivity index (χ1n) is 6.31. The van der Waals surface area contributed by atoms with E-state index in [0.717, 1.165) is 18.9 Å². The molecule has 0 aliphatic heterocycles. The van der Waals surface area contributed by atoms with Gasteiger partial charge < -0.3 is 5.32 Å². The minimum Gasteiger partial charge on any atom is -0.313 e. The van der Waals surface area contributed by atoms with Crippen LogP contribution in [0.2, 0.25) is 0 Å². The van der Waals surface area contributed by atoms with Crippen LogP contribution in [0.25, 0.3) is 0 Å². The predicted molar refractivity (Wildman–Crippen MR) is 70.5 cm³/mol. The number of rotatable bonds is 9. The third kappa shape index (κ3) is 9.16. The van der Waals surface area contributed by atoms with Gasteiger partial charge in [-0.05, 0) is 25.8 Å². The highest BCUT2D eigenvalue weighted by Crippen LogP contribution is 2.05. The molecule has 0 aliphatic rings. The standard InChI is InChI=1S/C12H27NO2S/c1-5-16(14,15)10-12(4)13-9-7-6-8-11(2)3/h11-13H,5-10H2,1-4H3. The topological polar surface area (TPSA) is 46.2 Å². The Morgan fingerprint density at radius 3 is 2.25 bits per heavy atom. The molecule has 0 amide bonds. The van der Waals surface area contributed by atoms with Crippen molar-refractivity contribution < 1.29 is 8.42 Å². The molecule has 0 heterocycles. The molecular weight excluding hydrogens is 222 g/mol. The van der Waals surface area contributed by atoms with E-state index >= 15 is 0 Å². The molecule has 1 unspecified atom stereocenters. The molecule has 0 aromatic carbocycles. The molecule has 16 heavy (non-hydrogen) atoms. The average molecular weight is 249 g/mol. The maximum absolute atomic E-state index is 11.3. The minimum atomic E-state index is -2.84. The van der Waals surface area contributed by atoms with Crippen molar-refractivity contribution in [1.82, 2.24) is 5.32 Å². The van der Waals surface area contributed by atoms with Gasteiger partial charge in [0.2, 0.25) is 0 Å². The number of unbranched alkanes of at least 4 members (excludes halogenated alkanes) is 1. The van der Waals surface area contributed by atoms with Gasteiger partial charge in [-0.3, -0.25) is 0 Å². The summed E-state index contributed by atoms with van der Waals surface area (Å²) in [4.78, 5) is 0. The van der Waals surface area contributed by atoms with E-state index in [1.165, 1.54) is 12.8 Å². The number of hydrogen-bond donors (Lipinski definition) is 1. The monoisotopic (exact) mass is 249 g/mol. The molecule has 0 bridgehead atoms. The Kier molecular flexibility index (Phi) is 8.02. The third-order valence-corrected chi connectivity index (χ3v) is 4.53. The van der Waals surface area contributed by atoms with Crippen molar-refractivity contribution in [2.75, 3.05) is 18.1 Å². The normalized spacial score (nSPS) is 14.3. The average Bonchev–Trinajstić information content (AvgIpc) is 2.16. The molecule has 1 N–H and O–H groups in total. The Balaban J connectivity index is 3.55. The van der Waals surface area contributed by atoms with Gasteiger partial charge in [0.25, 0.3) is 0 Å². The highest BCUT2D eigenvalue weighted by molar-refractivity contribution is 7.91. The van der Waals surface area contributed by atoms with E-state index in [2.05, 4.69) is 19.2 Å². The molecule has 0 fully saturated rings. The van der Waals surface area contributed by atoms with Gasteiger partial charge in [0.15, 0.2) is 9.84 Å². The van der Waals surface area contributed by atoms with Crippen molar-refractivity contribution in [3.63, 3.8) is 0 Å². The lowest BCUT2D eigenvalue weighted by molar-refractivity contribution is 0.500. The Hall–Kier alpha value is -0.0900. The Morgan fingerprint density at radius 2 is 1.75 bits per heavy atom. The lowest BCUT2D eigenvalue weighted by atomic mass is 10.1. The fourth-order valence-electron chi connectivity index (χ4n) is 1.58. The zero-order valence-corrected chi connectivity index (χ0v) is 11.9. The molecule has 3 nitrogen and oxygen atoms in total. The highest BCUT2D eigenvalue weighted by Gasteiger charge is 2.12. The van der Waals surface area contributed by atoms with Gasteiger partial charge in [-0.25, -0.2) is 8.42 Å². The van der Waals surface area contributed by atoms with Crippen molar-refractivity contribution in [2.45, 2.75) is 53.0 Å². The van der Waals surface area contributed by atoms with Crippen molar-refractivity contribution in [2.24, 2.45) is 5.92 Å². The van der Waals surface area contributed by atoms with Gasteiger partial charge in [-0.2, -0.15) is 0 Å². The van der Waals surface area contributed by atoms with Crippen LogP contribution in [0.1, 0.15) is 47.0 Å². The second-order valence-electron chi connectivity index (χ2n) is 4.94. The van der Waals surface area contributed by atoms with Gasteiger partial charge in [0, 0.05) is 11.8 Å². The summed E-state index contributed by atoms with van der Waals surface area (Å²) in [6.45, 7) is 9.02. The molecule has 0 aliphatic carbocycles. The maximum Gasteiger partial charge on any atom is 0.151 e. The molecular formula is C12H27NO2S. The first-order valence-corrected chi connectivity index (χ1v) is 8.13. The van der Waals surface area contributed by atoms with Crippen LogP contribution >= 0.6 is 0 Å². The van der Waals surface area contributed by atoms with Crippen molar-refractivity contribution in [1.29, 1.82) is 0 Å². The van der Waals surface area contributed by atoms with E-state index in [9.17, 15) is 8.42 Å². The van der Waals surface area contributed by atoms with Crippen LogP contribution in [0.3, 0.4) is 0 Å². The van der Waals surface area contributed by atoms with Crippen LogP contribution in [0, 0.1) is 5.92 Å². The van der Waals surface area contributed by atoms with Gasteiger partial charge in [-0.15, -0.1) is 0 Å². The second kappa shape index (κ2) is 8.07. The second-order valence-corrected chi connectivity index (χ2v) is 7.34. The van der Waals surface area contributed by atoms with Crippen LogP contribution in [0.5, 0.6) is 0 Å². The van der Waals surface area contributed by atoms with Gasteiger partial charge >= 0.3 is 0 Å². The summed E-state index contributed by atoms with van der Waals surface area (Å²) in [6.07, 6.45) is 3.61. The molecule has 0 saturated carbocycles. The fraction of sp³-hybridized carbons (Fsp3) is 1.00. The van der Waals surface area contributed by atoms with E-state index < -0.39 is 9.84 Å². The number of sulfone groups is 1. The smallest absolute Gasteiger partial charge is 0.151 e. The SMILES string of the molecule is CCS(=O)(=O)CC(C)NCCCCC(C)C. The van der Waals surface area contributed by atoms with Crippen LogP contribution < -0.4 is 5.32 Å². The van der Waals surface area contributed by atoms with Crippen molar-refractivity contribution >= 4 is 9.84 Å². The molecule has 0 aromatic heterocycles.